The molecule has 2 N–H and O–H groups in total. The van der Waals surface area contributed by atoms with Crippen LogP contribution in [-0.2, 0) is 6.54 Å². The summed E-state index contributed by atoms with van der Waals surface area (Å²) in [7, 11) is 0. The van der Waals surface area contributed by atoms with Crippen LogP contribution in [0.1, 0.15) is 12.0 Å². The van der Waals surface area contributed by atoms with Crippen LogP contribution in [-0.4, -0.2) is 48.4 Å². The molecule has 1 aliphatic heterocycles. The van der Waals surface area contributed by atoms with Crippen molar-refractivity contribution in [1.29, 1.82) is 0 Å². The van der Waals surface area contributed by atoms with E-state index in [2.05, 4.69) is 4.74 Å². The van der Waals surface area contributed by atoms with Crippen molar-refractivity contribution in [2.45, 2.75) is 19.3 Å². The van der Waals surface area contributed by atoms with E-state index in [0.717, 1.165) is 6.42 Å². The van der Waals surface area contributed by atoms with Gasteiger partial charge in [0.15, 0.2) is 0 Å². The number of primary amides is 1. The Balaban J connectivity index is 2.03. The van der Waals surface area contributed by atoms with Crippen LogP contribution in [0.15, 0.2) is 24.3 Å². The second-order valence-corrected chi connectivity index (χ2v) is 5.11. The monoisotopic (exact) mass is 317 g/mol. The molecular weight excluding hydrogens is 299 g/mol. The molecule has 8 heteroatoms. The van der Waals surface area contributed by atoms with E-state index in [4.69, 9.17) is 5.73 Å². The van der Waals surface area contributed by atoms with Gasteiger partial charge in [-0.15, -0.1) is 13.2 Å². The molecule has 0 bridgehead atoms. The molecule has 0 unspecified atom stereocenters. The predicted molar refractivity (Wildman–Crippen MR) is 74.2 cm³/mol. The predicted octanol–water partition coefficient (Wildman–Crippen LogP) is 2.17. The smallest absolute Gasteiger partial charge is 0.405 e. The Kier molecular flexibility index (Phi) is 5.12. The van der Waals surface area contributed by atoms with Gasteiger partial charge in [0.25, 0.3) is 0 Å². The largest absolute Gasteiger partial charge is 0.573 e. The van der Waals surface area contributed by atoms with Crippen molar-refractivity contribution in [3.05, 3.63) is 29.8 Å². The summed E-state index contributed by atoms with van der Waals surface area (Å²) >= 11 is 0. The van der Waals surface area contributed by atoms with Crippen molar-refractivity contribution in [3.63, 3.8) is 0 Å². The highest BCUT2D eigenvalue weighted by Gasteiger charge is 2.32. The number of hydrogen-bond acceptors (Lipinski definition) is 3. The number of amides is 2. The second kappa shape index (κ2) is 6.87. The first-order valence-corrected chi connectivity index (χ1v) is 6.95. The molecule has 5 nitrogen and oxygen atoms in total. The molecule has 0 atom stereocenters. The maximum absolute atomic E-state index is 12.4. The quantitative estimate of drug-likeness (QED) is 0.929. The molecule has 0 aliphatic carbocycles. The van der Waals surface area contributed by atoms with Gasteiger partial charge < -0.3 is 15.4 Å². The number of nitrogens with zero attached hydrogens (tertiary/aromatic N) is 2. The summed E-state index contributed by atoms with van der Waals surface area (Å²) in [5, 5.41) is 0. The lowest BCUT2D eigenvalue weighted by Crippen LogP contribution is -2.38. The first kappa shape index (κ1) is 16.4. The van der Waals surface area contributed by atoms with Crippen LogP contribution in [0.25, 0.3) is 0 Å². The molecule has 0 spiro atoms. The van der Waals surface area contributed by atoms with Gasteiger partial charge in [0, 0.05) is 38.3 Å². The van der Waals surface area contributed by atoms with Crippen molar-refractivity contribution in [2.24, 2.45) is 5.73 Å². The van der Waals surface area contributed by atoms with Crippen molar-refractivity contribution in [1.82, 2.24) is 9.80 Å². The maximum atomic E-state index is 12.4. The lowest BCUT2D eigenvalue weighted by Gasteiger charge is -2.22. The van der Waals surface area contributed by atoms with Crippen molar-refractivity contribution >= 4 is 6.03 Å². The van der Waals surface area contributed by atoms with Gasteiger partial charge >= 0.3 is 12.4 Å². The van der Waals surface area contributed by atoms with Gasteiger partial charge in [-0.1, -0.05) is 18.2 Å². The third-order valence-corrected chi connectivity index (χ3v) is 3.49. The molecule has 0 radical (unpaired) electrons. The number of carbonyl (C=O) groups excluding carboxylic acids is 1. The third-order valence-electron chi connectivity index (χ3n) is 3.49. The third kappa shape index (κ3) is 4.80. The van der Waals surface area contributed by atoms with E-state index in [1.807, 2.05) is 4.90 Å². The summed E-state index contributed by atoms with van der Waals surface area (Å²) in [5.74, 6) is -0.189. The average Bonchev–Trinajstić information content (AvgIpc) is 2.65. The Morgan fingerprint density at radius 3 is 2.59 bits per heavy atom. The van der Waals surface area contributed by atoms with Gasteiger partial charge in [-0.25, -0.2) is 4.79 Å². The number of para-hydroxylation sites is 1. The SMILES string of the molecule is NC(=O)N1CCCN(Cc2ccccc2OC(F)(F)F)CC1. The van der Waals surface area contributed by atoms with Crippen molar-refractivity contribution in [3.8, 4) is 5.75 Å². The molecule has 0 aromatic heterocycles. The lowest BCUT2D eigenvalue weighted by molar-refractivity contribution is -0.275. The molecular formula is C14H18F3N3O2. The number of alkyl halides is 3. The van der Waals surface area contributed by atoms with Crippen LogP contribution in [0, 0.1) is 0 Å². The van der Waals surface area contributed by atoms with E-state index in [-0.39, 0.29) is 5.75 Å². The number of benzene rings is 1. The summed E-state index contributed by atoms with van der Waals surface area (Å²) in [6.45, 7) is 2.61. The van der Waals surface area contributed by atoms with Crippen LogP contribution >= 0.6 is 0 Å². The molecule has 1 aliphatic rings. The standard InChI is InChI=1S/C14H18F3N3O2/c15-14(16,17)22-12-5-2-1-4-11(12)10-19-6-3-7-20(9-8-19)13(18)21/h1-2,4-5H,3,6-10H2,(H2,18,21). The highest BCUT2D eigenvalue weighted by Crippen LogP contribution is 2.27. The van der Waals surface area contributed by atoms with Gasteiger partial charge in [0.2, 0.25) is 0 Å². The molecule has 1 saturated heterocycles. The zero-order valence-electron chi connectivity index (χ0n) is 12.0. The normalized spacial score (nSPS) is 17.1. The fourth-order valence-electron chi connectivity index (χ4n) is 2.45. The molecule has 0 saturated carbocycles. The number of ether oxygens (including phenoxy) is 1. The molecule has 2 amide bonds. The minimum absolute atomic E-state index is 0.189. The molecule has 122 valence electrons. The second-order valence-electron chi connectivity index (χ2n) is 5.11. The van der Waals surface area contributed by atoms with Crippen LogP contribution in [0.5, 0.6) is 5.75 Å². The number of halogens is 3. The van der Waals surface area contributed by atoms with Crippen molar-refractivity contribution < 1.29 is 22.7 Å². The highest BCUT2D eigenvalue weighted by molar-refractivity contribution is 5.71. The first-order chi connectivity index (χ1) is 10.3. The first-order valence-electron chi connectivity index (χ1n) is 6.95. The zero-order chi connectivity index (χ0) is 16.2. The minimum Gasteiger partial charge on any atom is -0.405 e. The van der Waals surface area contributed by atoms with Crippen LogP contribution in [0.4, 0.5) is 18.0 Å². The van der Waals surface area contributed by atoms with E-state index in [9.17, 15) is 18.0 Å². The number of urea groups is 1. The van der Waals surface area contributed by atoms with Crippen LogP contribution in [0.2, 0.25) is 0 Å². The van der Waals surface area contributed by atoms with E-state index in [1.165, 1.54) is 17.0 Å². The summed E-state index contributed by atoms with van der Waals surface area (Å²) in [5.41, 5.74) is 5.72. The maximum Gasteiger partial charge on any atom is 0.573 e. The fraction of sp³-hybridized carbons (Fsp3) is 0.500. The van der Waals surface area contributed by atoms with Gasteiger partial charge in [-0.3, -0.25) is 4.90 Å². The van der Waals surface area contributed by atoms with E-state index >= 15 is 0 Å². The van der Waals surface area contributed by atoms with E-state index < -0.39 is 12.4 Å². The van der Waals surface area contributed by atoms with Gasteiger partial charge in [0.1, 0.15) is 5.75 Å². The average molecular weight is 317 g/mol. The van der Waals surface area contributed by atoms with Gasteiger partial charge in [-0.05, 0) is 12.5 Å². The molecule has 1 heterocycles. The Bertz CT molecular complexity index is 522. The Morgan fingerprint density at radius 2 is 1.91 bits per heavy atom. The summed E-state index contributed by atoms with van der Waals surface area (Å²) in [4.78, 5) is 14.7. The zero-order valence-corrected chi connectivity index (χ0v) is 12.0. The number of nitrogens with two attached hydrogens (primary N) is 1. The molecule has 2 rings (SSSR count). The van der Waals surface area contributed by atoms with Crippen molar-refractivity contribution in [2.75, 3.05) is 26.2 Å². The van der Waals surface area contributed by atoms with Crippen LogP contribution in [0.3, 0.4) is 0 Å². The van der Waals surface area contributed by atoms with E-state index in [0.29, 0.717) is 38.3 Å². The Morgan fingerprint density at radius 1 is 1.18 bits per heavy atom. The molecule has 1 fully saturated rings. The highest BCUT2D eigenvalue weighted by atomic mass is 19.4. The summed E-state index contributed by atoms with van der Waals surface area (Å²) in [6.07, 6.45) is -3.98. The lowest BCUT2D eigenvalue weighted by atomic mass is 10.2. The number of hydrogen-bond donors (Lipinski definition) is 1. The summed E-state index contributed by atoms with van der Waals surface area (Å²) in [6, 6.07) is 5.62. The minimum atomic E-state index is -4.71. The Hall–Kier alpha value is -1.96. The molecule has 22 heavy (non-hydrogen) atoms. The van der Waals surface area contributed by atoms with Gasteiger partial charge in [0.05, 0.1) is 0 Å². The number of rotatable bonds is 3. The molecule has 1 aromatic carbocycles. The van der Waals surface area contributed by atoms with Crippen LogP contribution < -0.4 is 10.5 Å². The number of carbonyl (C=O) groups is 1. The van der Waals surface area contributed by atoms with E-state index in [1.54, 1.807) is 12.1 Å². The Labute approximate surface area is 126 Å². The molecule has 1 aromatic rings. The summed E-state index contributed by atoms with van der Waals surface area (Å²) < 4.78 is 41.3. The fourth-order valence-corrected chi connectivity index (χ4v) is 2.45. The van der Waals surface area contributed by atoms with Gasteiger partial charge in [-0.2, -0.15) is 0 Å². The topological polar surface area (TPSA) is 58.8 Å².